The minimum absolute atomic E-state index is 0.168. The lowest BCUT2D eigenvalue weighted by Gasteiger charge is -2.18. The molecule has 7 heteroatoms. The van der Waals surface area contributed by atoms with E-state index >= 15 is 0 Å². The number of aldehydes is 1. The van der Waals surface area contributed by atoms with Crippen LogP contribution in [0.4, 0.5) is 0 Å². The normalized spacial score (nSPS) is 11.3. The number of hydrogen-bond acceptors (Lipinski definition) is 7. The molecular weight excluding hydrogens is 588 g/mol. The number of unbranched alkanes of at least 4 members (excludes halogenated alkanes) is 4. The first-order chi connectivity index (χ1) is 22.7. The molecule has 1 N–H and O–H groups in total. The van der Waals surface area contributed by atoms with E-state index in [2.05, 4.69) is 38.0 Å². The Bertz CT molecular complexity index is 1440. The number of carbonyl (C=O) groups is 2. The number of nitrogens with zero attached hydrogens (tertiary/aromatic N) is 1. The van der Waals surface area contributed by atoms with Crippen molar-refractivity contribution in [1.82, 2.24) is 10.3 Å². The van der Waals surface area contributed by atoms with Crippen LogP contribution in [-0.2, 0) is 21.4 Å². The van der Waals surface area contributed by atoms with Gasteiger partial charge in [-0.1, -0.05) is 104 Å². The molecule has 254 valence electrons. The van der Waals surface area contributed by atoms with Gasteiger partial charge in [-0.15, -0.1) is 0 Å². The van der Waals surface area contributed by atoms with Crippen molar-refractivity contribution >= 4 is 12.3 Å². The van der Waals surface area contributed by atoms with Crippen molar-refractivity contribution in [2.45, 2.75) is 91.5 Å². The van der Waals surface area contributed by atoms with Gasteiger partial charge in [-0.05, 0) is 72.8 Å². The maximum Gasteiger partial charge on any atom is 0.323 e. The number of benzene rings is 3. The van der Waals surface area contributed by atoms with Crippen LogP contribution in [-0.4, -0.2) is 44.0 Å². The second kappa shape index (κ2) is 20.8. The molecule has 7 nitrogen and oxygen atoms in total. The van der Waals surface area contributed by atoms with Gasteiger partial charge in [0.1, 0.15) is 30.0 Å². The molecule has 1 unspecified atom stereocenters. The van der Waals surface area contributed by atoms with Gasteiger partial charge in [-0.3, -0.25) is 9.59 Å². The van der Waals surface area contributed by atoms with Crippen molar-refractivity contribution in [3.8, 4) is 28.5 Å². The first-order valence-electron chi connectivity index (χ1n) is 16.8. The zero-order valence-electron chi connectivity index (χ0n) is 29.6. The summed E-state index contributed by atoms with van der Waals surface area (Å²) in [6.07, 6.45) is 9.22. The molecule has 0 fully saturated rings. The van der Waals surface area contributed by atoms with Crippen LogP contribution in [0.1, 0.15) is 95.1 Å². The number of carbonyl (C=O) groups excluding carboxylic acids is 2. The molecule has 3 aromatic carbocycles. The summed E-state index contributed by atoms with van der Waals surface area (Å²) in [6, 6.07) is 23.1. The lowest BCUT2D eigenvalue weighted by atomic mass is 9.87. The van der Waals surface area contributed by atoms with Crippen LogP contribution in [0.15, 0.2) is 83.5 Å². The highest BCUT2D eigenvalue weighted by Crippen LogP contribution is 2.27. The standard InChI is InChI=1S/C27H34N2O4.C11H14O.C2H6/c1-4-5-6-7-8-17-32-23-15-13-21(14-16-23)25-19-33-26(29-25)22-11-9-20(10-12-22)18-24(28-2)27(30)31-3;1-11(2,3)10-6-4-9(8-12)5-7-10;1-2/h9-16,19,24,28H,4-8,17-18H2,1-3H3;4-8H,1-3H3;1-2H3. The van der Waals surface area contributed by atoms with E-state index in [-0.39, 0.29) is 17.4 Å². The summed E-state index contributed by atoms with van der Waals surface area (Å²) in [7, 11) is 3.14. The third-order valence-corrected chi connectivity index (χ3v) is 7.56. The molecule has 0 saturated heterocycles. The van der Waals surface area contributed by atoms with Gasteiger partial charge in [0.15, 0.2) is 0 Å². The Labute approximate surface area is 282 Å². The van der Waals surface area contributed by atoms with Gasteiger partial charge >= 0.3 is 5.97 Å². The lowest BCUT2D eigenvalue weighted by molar-refractivity contribution is -0.142. The number of oxazole rings is 1. The van der Waals surface area contributed by atoms with Gasteiger partial charge in [-0.2, -0.15) is 0 Å². The van der Waals surface area contributed by atoms with Gasteiger partial charge in [-0.25, -0.2) is 4.98 Å². The predicted octanol–water partition coefficient (Wildman–Crippen LogP) is 9.48. The topological polar surface area (TPSA) is 90.7 Å². The fourth-order valence-electron chi connectivity index (χ4n) is 4.68. The minimum Gasteiger partial charge on any atom is -0.494 e. The Morgan fingerprint density at radius 3 is 2.06 bits per heavy atom. The molecular formula is C40H54N2O5. The number of esters is 1. The van der Waals surface area contributed by atoms with Crippen LogP contribution >= 0.6 is 0 Å². The summed E-state index contributed by atoms with van der Waals surface area (Å²) in [5.41, 5.74) is 5.83. The average Bonchev–Trinajstić information content (AvgIpc) is 3.60. The molecule has 0 aliphatic carbocycles. The fourth-order valence-corrected chi connectivity index (χ4v) is 4.68. The predicted molar refractivity (Wildman–Crippen MR) is 192 cm³/mol. The monoisotopic (exact) mass is 642 g/mol. The largest absolute Gasteiger partial charge is 0.494 e. The van der Waals surface area contributed by atoms with Gasteiger partial charge < -0.3 is 19.2 Å². The first kappa shape index (κ1) is 39.0. The Kier molecular flexibility index (Phi) is 17.2. The lowest BCUT2D eigenvalue weighted by Crippen LogP contribution is -2.36. The Hall–Kier alpha value is -4.23. The van der Waals surface area contributed by atoms with Crippen LogP contribution in [0, 0.1) is 0 Å². The number of methoxy groups -OCH3 is 1. The van der Waals surface area contributed by atoms with E-state index in [1.807, 2.05) is 86.6 Å². The Morgan fingerprint density at radius 2 is 1.51 bits per heavy atom. The summed E-state index contributed by atoms with van der Waals surface area (Å²) in [5, 5.41) is 2.98. The molecule has 0 aliphatic rings. The number of aromatic nitrogens is 1. The molecule has 1 atom stereocenters. The third kappa shape index (κ3) is 13.2. The zero-order chi connectivity index (χ0) is 34.7. The van der Waals surface area contributed by atoms with Crippen molar-refractivity contribution in [3.05, 3.63) is 95.7 Å². The molecule has 1 heterocycles. The highest BCUT2D eigenvalue weighted by Gasteiger charge is 2.17. The van der Waals surface area contributed by atoms with Crippen LogP contribution in [0.3, 0.4) is 0 Å². The van der Waals surface area contributed by atoms with Crippen molar-refractivity contribution in [2.75, 3.05) is 20.8 Å². The second-order valence-corrected chi connectivity index (χ2v) is 12.1. The highest BCUT2D eigenvalue weighted by molar-refractivity contribution is 5.76. The molecule has 0 aliphatic heterocycles. The quantitative estimate of drug-likeness (QED) is 0.0832. The van der Waals surface area contributed by atoms with E-state index in [1.165, 1.54) is 38.4 Å². The van der Waals surface area contributed by atoms with Crippen LogP contribution in [0.5, 0.6) is 5.75 Å². The Balaban J connectivity index is 0.000000458. The molecule has 0 spiro atoms. The van der Waals surface area contributed by atoms with Gasteiger partial charge in [0.05, 0.1) is 13.7 Å². The molecule has 4 aromatic rings. The molecule has 47 heavy (non-hydrogen) atoms. The van der Waals surface area contributed by atoms with E-state index in [9.17, 15) is 9.59 Å². The van der Waals surface area contributed by atoms with Crippen LogP contribution in [0.2, 0.25) is 0 Å². The summed E-state index contributed by atoms with van der Waals surface area (Å²) < 4.78 is 16.4. The van der Waals surface area contributed by atoms with Crippen molar-refractivity contribution in [2.24, 2.45) is 0 Å². The number of likely N-dealkylation sites (N-methyl/N-ethyl adjacent to an activating group) is 1. The second-order valence-electron chi connectivity index (χ2n) is 12.1. The summed E-state index contributed by atoms with van der Waals surface area (Å²) in [4.78, 5) is 26.8. The van der Waals surface area contributed by atoms with E-state index in [0.29, 0.717) is 12.3 Å². The van der Waals surface area contributed by atoms with Gasteiger partial charge in [0.25, 0.3) is 0 Å². The molecule has 0 amide bonds. The van der Waals surface area contributed by atoms with E-state index in [4.69, 9.17) is 13.9 Å². The van der Waals surface area contributed by atoms with E-state index in [0.717, 1.165) is 53.0 Å². The summed E-state index contributed by atoms with van der Waals surface area (Å²) in [6.45, 7) is 13.4. The number of nitrogens with one attached hydrogen (secondary N) is 1. The number of rotatable bonds is 14. The Morgan fingerprint density at radius 1 is 0.894 bits per heavy atom. The fraction of sp³-hybridized carbons (Fsp3) is 0.425. The maximum absolute atomic E-state index is 11.8. The average molecular weight is 643 g/mol. The first-order valence-corrected chi connectivity index (χ1v) is 16.8. The van der Waals surface area contributed by atoms with Crippen LogP contribution in [0.25, 0.3) is 22.7 Å². The smallest absolute Gasteiger partial charge is 0.323 e. The van der Waals surface area contributed by atoms with Crippen molar-refractivity contribution in [1.29, 1.82) is 0 Å². The minimum atomic E-state index is -0.373. The molecule has 1 aromatic heterocycles. The van der Waals surface area contributed by atoms with Gasteiger partial charge in [0.2, 0.25) is 5.89 Å². The molecule has 0 bridgehead atoms. The van der Waals surface area contributed by atoms with E-state index in [1.54, 1.807) is 13.3 Å². The third-order valence-electron chi connectivity index (χ3n) is 7.56. The SMILES string of the molecule is CC.CC(C)(C)c1ccc(C=O)cc1.CCCCCCCOc1ccc(-c2coc(-c3ccc(CC(NC)C(=O)OC)cc3)n2)cc1. The van der Waals surface area contributed by atoms with E-state index < -0.39 is 0 Å². The van der Waals surface area contributed by atoms with Crippen LogP contribution < -0.4 is 10.1 Å². The summed E-state index contributed by atoms with van der Waals surface area (Å²) in [5.74, 6) is 1.16. The maximum atomic E-state index is 11.8. The highest BCUT2D eigenvalue weighted by atomic mass is 16.5. The molecule has 0 saturated carbocycles. The van der Waals surface area contributed by atoms with Gasteiger partial charge in [0, 0.05) is 16.7 Å². The van der Waals surface area contributed by atoms with Crippen molar-refractivity contribution in [3.63, 3.8) is 0 Å². The number of hydrogen-bond donors (Lipinski definition) is 1. The zero-order valence-corrected chi connectivity index (χ0v) is 29.6. The molecule has 0 radical (unpaired) electrons. The number of ether oxygens (including phenoxy) is 2. The molecule has 4 rings (SSSR count). The van der Waals surface area contributed by atoms with Crippen molar-refractivity contribution < 1.29 is 23.5 Å². The summed E-state index contributed by atoms with van der Waals surface area (Å²) >= 11 is 0.